The Morgan fingerprint density at radius 2 is 1.93 bits per heavy atom. The van der Waals surface area contributed by atoms with Gasteiger partial charge in [-0.2, -0.15) is 4.98 Å². The first kappa shape index (κ1) is 18.4. The van der Waals surface area contributed by atoms with E-state index in [1.807, 2.05) is 49.4 Å². The Kier molecular flexibility index (Phi) is 4.50. The van der Waals surface area contributed by atoms with Gasteiger partial charge in [0.25, 0.3) is 11.8 Å². The topological polar surface area (TPSA) is 88.3 Å². The van der Waals surface area contributed by atoms with Crippen molar-refractivity contribution in [1.29, 1.82) is 0 Å². The van der Waals surface area contributed by atoms with Crippen molar-refractivity contribution in [2.45, 2.75) is 25.9 Å². The second kappa shape index (κ2) is 6.87. The molecule has 3 aromatic rings. The maximum absolute atomic E-state index is 13.0. The maximum atomic E-state index is 13.0. The fourth-order valence-electron chi connectivity index (χ4n) is 3.11. The molecule has 1 aliphatic rings. The van der Waals surface area contributed by atoms with Crippen LogP contribution in [0.4, 0.5) is 4.79 Å². The van der Waals surface area contributed by atoms with Gasteiger partial charge in [0.2, 0.25) is 0 Å². The number of nitrogens with one attached hydrogen (secondary N) is 1. The number of benzene rings is 2. The first-order valence-electron chi connectivity index (χ1n) is 8.66. The van der Waals surface area contributed by atoms with Crippen molar-refractivity contribution in [3.8, 4) is 11.5 Å². The molecule has 8 heteroatoms. The van der Waals surface area contributed by atoms with Crippen LogP contribution < -0.4 is 5.32 Å². The molecule has 0 saturated carbocycles. The van der Waals surface area contributed by atoms with Crippen molar-refractivity contribution in [1.82, 2.24) is 20.4 Å². The van der Waals surface area contributed by atoms with Gasteiger partial charge >= 0.3 is 6.03 Å². The fraction of sp³-hybridized carbons (Fsp3) is 0.200. The van der Waals surface area contributed by atoms with E-state index in [1.165, 1.54) is 0 Å². The predicted molar refractivity (Wildman–Crippen MR) is 105 cm³/mol. The van der Waals surface area contributed by atoms with E-state index in [-0.39, 0.29) is 18.3 Å². The zero-order valence-electron chi connectivity index (χ0n) is 15.3. The van der Waals surface area contributed by atoms with Crippen LogP contribution in [0.1, 0.15) is 23.9 Å². The van der Waals surface area contributed by atoms with E-state index >= 15 is 0 Å². The highest BCUT2D eigenvalue weighted by molar-refractivity contribution is 9.10. The van der Waals surface area contributed by atoms with Crippen molar-refractivity contribution in [2.75, 3.05) is 0 Å². The average Bonchev–Trinajstić information content (AvgIpc) is 3.22. The Morgan fingerprint density at radius 1 is 1.18 bits per heavy atom. The third-order valence-corrected chi connectivity index (χ3v) is 5.24. The second-order valence-electron chi connectivity index (χ2n) is 6.84. The molecule has 1 aliphatic heterocycles. The summed E-state index contributed by atoms with van der Waals surface area (Å²) < 4.78 is 6.11. The number of halogens is 1. The second-order valence-corrected chi connectivity index (χ2v) is 7.75. The Balaban J connectivity index is 1.56. The number of carbonyl (C=O) groups excluding carboxylic acids is 2. The average molecular weight is 441 g/mol. The van der Waals surface area contributed by atoms with Crippen molar-refractivity contribution in [2.24, 2.45) is 0 Å². The van der Waals surface area contributed by atoms with E-state index in [4.69, 9.17) is 4.52 Å². The monoisotopic (exact) mass is 440 g/mol. The number of amides is 3. The zero-order chi connectivity index (χ0) is 19.9. The summed E-state index contributed by atoms with van der Waals surface area (Å²) in [5.74, 6) is 0.242. The zero-order valence-corrected chi connectivity index (χ0v) is 16.9. The Morgan fingerprint density at radius 3 is 2.64 bits per heavy atom. The van der Waals surface area contributed by atoms with Gasteiger partial charge in [0.05, 0.1) is 6.54 Å². The van der Waals surface area contributed by atoms with Crippen LogP contribution in [-0.2, 0) is 16.9 Å². The highest BCUT2D eigenvalue weighted by Crippen LogP contribution is 2.31. The van der Waals surface area contributed by atoms with Crippen LogP contribution in [0.25, 0.3) is 11.5 Å². The molecule has 1 N–H and O–H groups in total. The van der Waals surface area contributed by atoms with Crippen molar-refractivity contribution in [3.05, 3.63) is 70.0 Å². The summed E-state index contributed by atoms with van der Waals surface area (Å²) in [4.78, 5) is 30.9. The number of carbonyl (C=O) groups is 2. The number of imide groups is 1. The molecule has 7 nitrogen and oxygen atoms in total. The molecular weight excluding hydrogens is 424 g/mol. The third kappa shape index (κ3) is 3.20. The Labute approximate surface area is 169 Å². The maximum Gasteiger partial charge on any atom is 0.325 e. The van der Waals surface area contributed by atoms with Crippen LogP contribution in [-0.4, -0.2) is 27.0 Å². The summed E-state index contributed by atoms with van der Waals surface area (Å²) in [7, 11) is 0. The van der Waals surface area contributed by atoms with Crippen LogP contribution in [0.2, 0.25) is 0 Å². The first-order chi connectivity index (χ1) is 13.4. The van der Waals surface area contributed by atoms with Gasteiger partial charge in [-0.05, 0) is 43.7 Å². The van der Waals surface area contributed by atoms with Gasteiger partial charge in [0.1, 0.15) is 5.54 Å². The Bertz CT molecular complexity index is 1060. The number of aromatic nitrogens is 2. The van der Waals surface area contributed by atoms with Gasteiger partial charge < -0.3 is 9.84 Å². The summed E-state index contributed by atoms with van der Waals surface area (Å²) in [6.07, 6.45) is 0. The molecule has 1 aromatic heterocycles. The molecule has 0 radical (unpaired) electrons. The van der Waals surface area contributed by atoms with Crippen LogP contribution >= 0.6 is 15.9 Å². The van der Waals surface area contributed by atoms with Gasteiger partial charge in [-0.15, -0.1) is 0 Å². The lowest BCUT2D eigenvalue weighted by Crippen LogP contribution is -2.40. The van der Waals surface area contributed by atoms with Crippen LogP contribution in [0.3, 0.4) is 0 Å². The van der Waals surface area contributed by atoms with E-state index < -0.39 is 11.6 Å². The van der Waals surface area contributed by atoms with E-state index in [1.54, 1.807) is 13.0 Å². The minimum atomic E-state index is -1.15. The molecule has 2 aromatic carbocycles. The first-order valence-corrected chi connectivity index (χ1v) is 9.46. The molecule has 0 aliphatic carbocycles. The van der Waals surface area contributed by atoms with Gasteiger partial charge in [-0.1, -0.05) is 50.9 Å². The van der Waals surface area contributed by atoms with Gasteiger partial charge in [-0.3, -0.25) is 9.69 Å². The van der Waals surface area contributed by atoms with Crippen molar-refractivity contribution < 1.29 is 14.1 Å². The summed E-state index contributed by atoms with van der Waals surface area (Å²) >= 11 is 3.40. The molecule has 1 fully saturated rings. The Hall–Kier alpha value is -3.00. The molecular formula is C20H17BrN4O3. The molecule has 4 rings (SSSR count). The van der Waals surface area contributed by atoms with E-state index in [9.17, 15) is 9.59 Å². The van der Waals surface area contributed by atoms with Gasteiger partial charge in [-0.25, -0.2) is 4.79 Å². The minimum Gasteiger partial charge on any atom is -0.334 e. The van der Waals surface area contributed by atoms with Crippen LogP contribution in [0.5, 0.6) is 0 Å². The van der Waals surface area contributed by atoms with Crippen LogP contribution in [0, 0.1) is 6.92 Å². The molecule has 3 amide bonds. The van der Waals surface area contributed by atoms with E-state index in [0.717, 1.165) is 20.5 Å². The summed E-state index contributed by atoms with van der Waals surface area (Å²) in [5.41, 5.74) is 1.44. The highest BCUT2D eigenvalue weighted by atomic mass is 79.9. The van der Waals surface area contributed by atoms with Gasteiger partial charge in [0.15, 0.2) is 5.82 Å². The lowest BCUT2D eigenvalue weighted by Gasteiger charge is -2.22. The smallest absolute Gasteiger partial charge is 0.325 e. The van der Waals surface area contributed by atoms with Gasteiger partial charge in [0, 0.05) is 10.0 Å². The number of aryl methyl sites for hydroxylation is 1. The van der Waals surface area contributed by atoms with Crippen molar-refractivity contribution in [3.63, 3.8) is 0 Å². The van der Waals surface area contributed by atoms with E-state index in [0.29, 0.717) is 11.5 Å². The quantitative estimate of drug-likeness (QED) is 0.623. The lowest BCUT2D eigenvalue weighted by molar-refractivity contribution is -0.131. The largest absolute Gasteiger partial charge is 0.334 e. The molecule has 1 saturated heterocycles. The molecule has 0 spiro atoms. The predicted octanol–water partition coefficient (Wildman–Crippen LogP) is 3.77. The molecule has 2 heterocycles. The standard InChI is InChI=1S/C20H17BrN4O3/c1-12-6-8-13(9-7-12)17-22-16(24-28-17)11-25-18(26)20(2,23-19(25)27)14-4-3-5-15(21)10-14/h3-10H,11H2,1-2H3,(H,23,27). The summed E-state index contributed by atoms with van der Waals surface area (Å²) in [6, 6.07) is 14.4. The normalized spacial score (nSPS) is 19.2. The van der Waals surface area contributed by atoms with Crippen molar-refractivity contribution >= 4 is 27.9 Å². The van der Waals surface area contributed by atoms with E-state index in [2.05, 4.69) is 31.4 Å². The molecule has 0 bridgehead atoms. The fourth-order valence-corrected chi connectivity index (χ4v) is 3.51. The minimum absolute atomic E-state index is 0.0659. The third-order valence-electron chi connectivity index (χ3n) is 4.74. The highest BCUT2D eigenvalue weighted by Gasteiger charge is 2.49. The molecule has 142 valence electrons. The number of urea groups is 1. The molecule has 1 atom stereocenters. The van der Waals surface area contributed by atoms with Crippen LogP contribution in [0.15, 0.2) is 57.5 Å². The lowest BCUT2D eigenvalue weighted by atomic mass is 9.92. The summed E-state index contributed by atoms with van der Waals surface area (Å²) in [6.45, 7) is 3.61. The number of hydrogen-bond donors (Lipinski definition) is 1. The number of rotatable bonds is 4. The molecule has 28 heavy (non-hydrogen) atoms. The molecule has 1 unspecified atom stereocenters. The number of hydrogen-bond acceptors (Lipinski definition) is 5. The SMILES string of the molecule is Cc1ccc(-c2nc(CN3C(=O)NC(C)(c4cccc(Br)c4)C3=O)no2)cc1. The summed E-state index contributed by atoms with van der Waals surface area (Å²) in [5, 5.41) is 6.68. The number of nitrogens with zero attached hydrogens (tertiary/aromatic N) is 3.